The quantitative estimate of drug-likeness (QED) is 0.204. The average Bonchev–Trinajstić information content (AvgIpc) is 2.85. The van der Waals surface area contributed by atoms with E-state index in [0.717, 1.165) is 17.5 Å². The number of aldehydes is 1. The first-order valence-electron chi connectivity index (χ1n) is 9.84. The summed E-state index contributed by atoms with van der Waals surface area (Å²) >= 11 is 0. The lowest BCUT2D eigenvalue weighted by Crippen LogP contribution is -2.08. The molecule has 0 unspecified atom stereocenters. The van der Waals surface area contributed by atoms with E-state index in [1.54, 1.807) is 49.5 Å². The van der Waals surface area contributed by atoms with Gasteiger partial charge in [-0.2, -0.15) is 0 Å². The summed E-state index contributed by atoms with van der Waals surface area (Å²) in [5.41, 5.74) is 4.81. The van der Waals surface area contributed by atoms with E-state index in [1.165, 1.54) is 7.11 Å². The third-order valence-electron chi connectivity index (χ3n) is 4.83. The van der Waals surface area contributed by atoms with Crippen molar-refractivity contribution in [2.24, 2.45) is 0 Å². The van der Waals surface area contributed by atoms with Crippen LogP contribution in [0.1, 0.15) is 21.5 Å². The van der Waals surface area contributed by atoms with Crippen LogP contribution in [0, 0.1) is 0 Å². The van der Waals surface area contributed by atoms with Crippen LogP contribution >= 0.6 is 0 Å². The van der Waals surface area contributed by atoms with Gasteiger partial charge in [0.1, 0.15) is 0 Å². The summed E-state index contributed by atoms with van der Waals surface area (Å²) in [6.45, 7) is 0. The van der Waals surface area contributed by atoms with Crippen LogP contribution in [0.4, 0.5) is 17.1 Å². The van der Waals surface area contributed by atoms with Gasteiger partial charge in [0.15, 0.2) is 6.29 Å². The van der Waals surface area contributed by atoms with Crippen LogP contribution in [0.5, 0.6) is 0 Å². The molecular weight excluding hydrogens is 406 g/mol. The Morgan fingerprint density at radius 2 is 1.56 bits per heavy atom. The lowest BCUT2D eigenvalue weighted by Gasteiger charge is -2.18. The predicted octanol–water partition coefficient (Wildman–Crippen LogP) is 4.26. The highest BCUT2D eigenvalue weighted by atomic mass is 16.5. The van der Waals surface area contributed by atoms with Crippen LogP contribution in [-0.2, 0) is 14.3 Å². The van der Waals surface area contributed by atoms with Crippen molar-refractivity contribution in [1.82, 2.24) is 0 Å². The zero-order valence-electron chi connectivity index (χ0n) is 17.7. The van der Waals surface area contributed by atoms with E-state index < -0.39 is 5.97 Å². The molecule has 1 amide bonds. The van der Waals surface area contributed by atoms with Gasteiger partial charge < -0.3 is 20.7 Å². The molecule has 32 heavy (non-hydrogen) atoms. The SMILES string of the molecule is CNc1cc(C(=O)OC)ccc1/C(C=O)=C(/Nc1ccc(NC=O)cc1)c1ccccc1. The summed E-state index contributed by atoms with van der Waals surface area (Å²) in [6.07, 6.45) is 1.39. The number of rotatable bonds is 9. The number of allylic oxidation sites excluding steroid dienone is 1. The summed E-state index contributed by atoms with van der Waals surface area (Å²) in [7, 11) is 3.04. The number of benzene rings is 3. The summed E-state index contributed by atoms with van der Waals surface area (Å²) in [5, 5.41) is 8.97. The third kappa shape index (κ3) is 5.02. The smallest absolute Gasteiger partial charge is 0.337 e. The zero-order chi connectivity index (χ0) is 22.9. The molecule has 3 aromatic rings. The van der Waals surface area contributed by atoms with Gasteiger partial charge in [0.25, 0.3) is 0 Å². The van der Waals surface area contributed by atoms with Crippen molar-refractivity contribution in [3.63, 3.8) is 0 Å². The van der Waals surface area contributed by atoms with Crippen molar-refractivity contribution in [1.29, 1.82) is 0 Å². The highest BCUT2D eigenvalue weighted by Crippen LogP contribution is 2.32. The van der Waals surface area contributed by atoms with E-state index in [4.69, 9.17) is 4.74 Å². The fourth-order valence-electron chi connectivity index (χ4n) is 3.25. The van der Waals surface area contributed by atoms with Crippen molar-refractivity contribution in [3.8, 4) is 0 Å². The lowest BCUT2D eigenvalue weighted by atomic mass is 9.97. The Balaban J connectivity index is 2.14. The molecule has 7 heteroatoms. The molecule has 0 saturated heterocycles. The number of nitrogens with one attached hydrogen (secondary N) is 3. The average molecular weight is 429 g/mol. The fourth-order valence-corrected chi connectivity index (χ4v) is 3.25. The van der Waals surface area contributed by atoms with Crippen LogP contribution < -0.4 is 16.0 Å². The Kier molecular flexibility index (Phi) is 7.37. The maximum absolute atomic E-state index is 12.3. The lowest BCUT2D eigenvalue weighted by molar-refractivity contribution is -0.105. The Hall–Kier alpha value is -4.39. The molecule has 3 N–H and O–H groups in total. The van der Waals surface area contributed by atoms with Crippen molar-refractivity contribution < 1.29 is 19.1 Å². The van der Waals surface area contributed by atoms with E-state index in [0.29, 0.717) is 40.2 Å². The number of anilines is 3. The number of esters is 1. The van der Waals surface area contributed by atoms with Gasteiger partial charge in [0.05, 0.1) is 18.4 Å². The van der Waals surface area contributed by atoms with Gasteiger partial charge in [0.2, 0.25) is 6.41 Å². The van der Waals surface area contributed by atoms with Gasteiger partial charge in [0, 0.05) is 35.2 Å². The number of methoxy groups -OCH3 is 1. The van der Waals surface area contributed by atoms with Crippen molar-refractivity contribution in [2.75, 3.05) is 30.1 Å². The molecule has 7 nitrogen and oxygen atoms in total. The van der Waals surface area contributed by atoms with Crippen molar-refractivity contribution in [2.45, 2.75) is 0 Å². The molecule has 3 aromatic carbocycles. The Labute approximate surface area is 186 Å². The molecule has 0 saturated carbocycles. The summed E-state index contributed by atoms with van der Waals surface area (Å²) in [4.78, 5) is 34.9. The Morgan fingerprint density at radius 1 is 0.875 bits per heavy atom. The molecule has 162 valence electrons. The maximum atomic E-state index is 12.3. The second-order valence-electron chi connectivity index (χ2n) is 6.74. The van der Waals surface area contributed by atoms with Crippen LogP contribution in [-0.4, -0.2) is 32.8 Å². The standard InChI is InChI=1S/C25H23N3O4/c1-26-23-14-18(25(31)32-2)8-13-21(23)22(15-29)24(17-6-4-3-5-7-17)28-20-11-9-19(10-12-20)27-16-30/h3-16,26,28H,1-2H3,(H,27,30)/b24-22+. The molecule has 0 bridgehead atoms. The van der Waals surface area contributed by atoms with Gasteiger partial charge in [-0.3, -0.25) is 9.59 Å². The molecule has 0 heterocycles. The monoisotopic (exact) mass is 429 g/mol. The first-order valence-corrected chi connectivity index (χ1v) is 9.84. The second kappa shape index (κ2) is 10.6. The molecule has 0 aliphatic rings. The first-order chi connectivity index (χ1) is 15.6. The maximum Gasteiger partial charge on any atom is 0.337 e. The van der Waals surface area contributed by atoms with Crippen molar-refractivity contribution in [3.05, 3.63) is 89.5 Å². The topological polar surface area (TPSA) is 96.5 Å². The summed E-state index contributed by atoms with van der Waals surface area (Å²) < 4.78 is 4.80. The molecule has 0 aliphatic heterocycles. The molecule has 0 radical (unpaired) electrons. The van der Waals surface area contributed by atoms with E-state index in [9.17, 15) is 14.4 Å². The van der Waals surface area contributed by atoms with Gasteiger partial charge in [-0.1, -0.05) is 36.4 Å². The minimum absolute atomic E-state index is 0.373. The Bertz CT molecular complexity index is 1140. The molecule has 0 spiro atoms. The normalized spacial score (nSPS) is 11.1. The van der Waals surface area contributed by atoms with Gasteiger partial charge >= 0.3 is 5.97 Å². The number of carbonyl (C=O) groups is 3. The first kappa shape index (κ1) is 22.3. The predicted molar refractivity (Wildman–Crippen MR) is 126 cm³/mol. The summed E-state index contributed by atoms with van der Waals surface area (Å²) in [6, 6.07) is 21.6. The molecule has 0 aliphatic carbocycles. The van der Waals surface area contributed by atoms with Crippen molar-refractivity contribution >= 4 is 47.0 Å². The summed E-state index contributed by atoms with van der Waals surface area (Å²) in [5.74, 6) is -0.463. The minimum Gasteiger partial charge on any atom is -0.465 e. The minimum atomic E-state index is -0.463. The van der Waals surface area contributed by atoms with E-state index in [-0.39, 0.29) is 0 Å². The van der Waals surface area contributed by atoms with E-state index in [2.05, 4.69) is 16.0 Å². The zero-order valence-corrected chi connectivity index (χ0v) is 17.7. The van der Waals surface area contributed by atoms with Crippen LogP contribution in [0.2, 0.25) is 0 Å². The Morgan fingerprint density at radius 3 is 2.16 bits per heavy atom. The van der Waals surface area contributed by atoms with E-state index in [1.807, 2.05) is 30.3 Å². The highest BCUT2D eigenvalue weighted by molar-refractivity contribution is 6.20. The highest BCUT2D eigenvalue weighted by Gasteiger charge is 2.17. The molecule has 0 atom stereocenters. The van der Waals surface area contributed by atoms with Gasteiger partial charge in [-0.05, 0) is 42.0 Å². The van der Waals surface area contributed by atoms with E-state index >= 15 is 0 Å². The molecular formula is C25H23N3O4. The molecule has 3 rings (SSSR count). The number of amides is 1. The number of carbonyl (C=O) groups excluding carboxylic acids is 3. The van der Waals surface area contributed by atoms with Crippen LogP contribution in [0.3, 0.4) is 0 Å². The fraction of sp³-hybridized carbons (Fsp3) is 0.0800. The number of hydrogen-bond acceptors (Lipinski definition) is 6. The van der Waals surface area contributed by atoms with Gasteiger partial charge in [-0.25, -0.2) is 4.79 Å². The molecule has 0 aromatic heterocycles. The van der Waals surface area contributed by atoms with Crippen LogP contribution in [0.15, 0.2) is 72.8 Å². The van der Waals surface area contributed by atoms with Crippen LogP contribution in [0.25, 0.3) is 11.3 Å². The third-order valence-corrected chi connectivity index (χ3v) is 4.83. The second-order valence-corrected chi connectivity index (χ2v) is 6.74. The molecule has 0 fully saturated rings. The number of hydrogen-bond donors (Lipinski definition) is 3. The largest absolute Gasteiger partial charge is 0.465 e. The van der Waals surface area contributed by atoms with Gasteiger partial charge in [-0.15, -0.1) is 0 Å². The number of ether oxygens (including phenoxy) is 1.